The van der Waals surface area contributed by atoms with E-state index in [0.29, 0.717) is 11.5 Å². The Kier molecular flexibility index (Phi) is 7.04. The van der Waals surface area contributed by atoms with Crippen molar-refractivity contribution < 1.29 is 4.74 Å². The van der Waals surface area contributed by atoms with Gasteiger partial charge in [0.1, 0.15) is 0 Å². The first-order valence-corrected chi connectivity index (χ1v) is 14.2. The first kappa shape index (κ1) is 24.6. The smallest absolute Gasteiger partial charge is 0.0722 e. The van der Waals surface area contributed by atoms with Crippen molar-refractivity contribution in [3.05, 3.63) is 65.6 Å². The third kappa shape index (κ3) is 5.06. The van der Waals surface area contributed by atoms with Gasteiger partial charge < -0.3 is 15.0 Å². The molecule has 1 aromatic carbocycles. The van der Waals surface area contributed by atoms with Gasteiger partial charge in [-0.25, -0.2) is 0 Å². The molecule has 6 rings (SSSR count). The molecule has 3 aromatic rings. The third-order valence-corrected chi connectivity index (χ3v) is 9.24. The van der Waals surface area contributed by atoms with E-state index in [1.165, 1.54) is 66.7 Å². The van der Waals surface area contributed by atoms with Crippen molar-refractivity contribution in [2.75, 3.05) is 31.7 Å². The molecule has 6 heteroatoms. The van der Waals surface area contributed by atoms with Gasteiger partial charge in [-0.2, -0.15) is 5.10 Å². The van der Waals surface area contributed by atoms with E-state index in [9.17, 15) is 0 Å². The van der Waals surface area contributed by atoms with E-state index in [4.69, 9.17) is 9.84 Å². The lowest BCUT2D eigenvalue weighted by Gasteiger charge is -2.49. The molecule has 2 saturated carbocycles. The van der Waals surface area contributed by atoms with Crippen molar-refractivity contribution in [2.24, 2.45) is 11.3 Å². The number of hydrogen-bond donors (Lipinski definition) is 1. The van der Waals surface area contributed by atoms with Gasteiger partial charge in [-0.1, -0.05) is 36.8 Å². The minimum atomic E-state index is 0.418. The average Bonchev–Trinajstić information content (AvgIpc) is 3.24. The number of ether oxygens (including phenoxy) is 1. The van der Waals surface area contributed by atoms with Crippen LogP contribution >= 0.6 is 0 Å². The minimum Gasteiger partial charge on any atom is -0.383 e. The number of hydrogen-bond acceptors (Lipinski definition) is 5. The summed E-state index contributed by atoms with van der Waals surface area (Å²) in [5.74, 6) is 0.799. The lowest BCUT2D eigenvalue weighted by Crippen LogP contribution is -2.49. The summed E-state index contributed by atoms with van der Waals surface area (Å²) in [6.45, 7) is 7.03. The van der Waals surface area contributed by atoms with Crippen molar-refractivity contribution in [3.63, 3.8) is 0 Å². The maximum absolute atomic E-state index is 5.27. The second-order valence-electron chi connectivity index (χ2n) is 11.6. The van der Waals surface area contributed by atoms with Crippen LogP contribution in [0.5, 0.6) is 0 Å². The van der Waals surface area contributed by atoms with Crippen LogP contribution in [0.4, 0.5) is 5.69 Å². The van der Waals surface area contributed by atoms with E-state index in [-0.39, 0.29) is 0 Å². The number of nitrogens with one attached hydrogen (secondary N) is 1. The van der Waals surface area contributed by atoms with Gasteiger partial charge in [-0.15, -0.1) is 0 Å². The molecule has 2 fully saturated rings. The third-order valence-electron chi connectivity index (χ3n) is 9.24. The van der Waals surface area contributed by atoms with E-state index >= 15 is 0 Å². The van der Waals surface area contributed by atoms with Gasteiger partial charge >= 0.3 is 0 Å². The Morgan fingerprint density at radius 3 is 2.89 bits per heavy atom. The maximum Gasteiger partial charge on any atom is 0.0722 e. The lowest BCUT2D eigenvalue weighted by atomic mass is 9.60. The van der Waals surface area contributed by atoms with E-state index < -0.39 is 0 Å². The highest BCUT2D eigenvalue weighted by Crippen LogP contribution is 2.50. The highest BCUT2D eigenvalue weighted by molar-refractivity contribution is 5.64. The Bertz CT molecular complexity index is 1210. The SMILES string of the molecule is COCCNC1CCC2(Cn3nc(C)c4c3CCN(c3ccnc(-c5ccccc5)c3)C4)CCCC1C2. The van der Waals surface area contributed by atoms with Crippen LogP contribution in [-0.4, -0.2) is 47.6 Å². The van der Waals surface area contributed by atoms with Gasteiger partial charge in [0.25, 0.3) is 0 Å². The molecule has 2 bridgehead atoms. The molecule has 37 heavy (non-hydrogen) atoms. The summed E-state index contributed by atoms with van der Waals surface area (Å²) < 4.78 is 7.69. The van der Waals surface area contributed by atoms with Crippen molar-refractivity contribution in [2.45, 2.75) is 71.0 Å². The van der Waals surface area contributed by atoms with E-state index in [0.717, 1.165) is 50.8 Å². The van der Waals surface area contributed by atoms with Crippen molar-refractivity contribution in [3.8, 4) is 11.3 Å². The van der Waals surface area contributed by atoms with E-state index in [1.807, 2.05) is 6.20 Å². The van der Waals surface area contributed by atoms with E-state index in [1.54, 1.807) is 7.11 Å². The fourth-order valence-electron chi connectivity index (χ4n) is 7.32. The Hall–Kier alpha value is -2.70. The van der Waals surface area contributed by atoms with Gasteiger partial charge in [0.15, 0.2) is 0 Å². The molecule has 3 atom stereocenters. The molecule has 0 radical (unpaired) electrons. The summed E-state index contributed by atoms with van der Waals surface area (Å²) in [4.78, 5) is 7.14. The van der Waals surface area contributed by atoms with Crippen LogP contribution in [0.25, 0.3) is 11.3 Å². The second kappa shape index (κ2) is 10.6. The molecule has 1 N–H and O–H groups in total. The van der Waals surface area contributed by atoms with Crippen LogP contribution in [0.2, 0.25) is 0 Å². The van der Waals surface area contributed by atoms with Gasteiger partial charge in [0.05, 0.1) is 18.0 Å². The summed E-state index contributed by atoms with van der Waals surface area (Å²) in [5, 5.41) is 8.94. The second-order valence-corrected chi connectivity index (χ2v) is 11.6. The number of benzene rings is 1. The van der Waals surface area contributed by atoms with Gasteiger partial charge in [0, 0.05) is 74.5 Å². The van der Waals surface area contributed by atoms with Crippen LogP contribution in [0, 0.1) is 18.3 Å². The van der Waals surface area contributed by atoms with Gasteiger partial charge in [0.2, 0.25) is 0 Å². The average molecular weight is 500 g/mol. The van der Waals surface area contributed by atoms with Crippen LogP contribution in [0.3, 0.4) is 0 Å². The molecule has 0 amide bonds. The first-order chi connectivity index (χ1) is 18.1. The summed E-state index contributed by atoms with van der Waals surface area (Å²) in [6, 6.07) is 15.5. The zero-order valence-electron chi connectivity index (χ0n) is 22.5. The molecule has 6 nitrogen and oxygen atoms in total. The van der Waals surface area contributed by atoms with E-state index in [2.05, 4.69) is 69.3 Å². The standard InChI is InChI=1S/C31H41N5O/c1-23-27-21-35(26-11-15-32-29(19-26)24-7-4-3-5-8-24)17-12-30(27)36(34-23)22-31-13-6-9-25(20-31)28(10-14-31)33-16-18-37-2/h3-5,7-8,11,15,19,25,28,33H,6,9-10,12-14,16-18,20-22H2,1-2H3. The molecule has 1 aliphatic heterocycles. The monoisotopic (exact) mass is 499 g/mol. The molecule has 3 heterocycles. The number of fused-ring (bicyclic) bond motifs is 3. The zero-order chi connectivity index (χ0) is 25.2. The Morgan fingerprint density at radius 1 is 1.14 bits per heavy atom. The number of nitrogens with zero attached hydrogens (tertiary/aromatic N) is 4. The maximum atomic E-state index is 5.27. The number of anilines is 1. The summed E-state index contributed by atoms with van der Waals surface area (Å²) in [7, 11) is 1.79. The largest absolute Gasteiger partial charge is 0.383 e. The van der Waals surface area contributed by atoms with Crippen molar-refractivity contribution >= 4 is 5.69 Å². The van der Waals surface area contributed by atoms with Crippen LogP contribution < -0.4 is 10.2 Å². The fraction of sp³-hybridized carbons (Fsp3) is 0.548. The molecule has 0 saturated heterocycles. The molecular weight excluding hydrogens is 458 g/mol. The summed E-state index contributed by atoms with van der Waals surface area (Å²) in [5.41, 5.74) is 7.98. The Balaban J connectivity index is 1.17. The van der Waals surface area contributed by atoms with Gasteiger partial charge in [-0.3, -0.25) is 9.67 Å². The highest BCUT2D eigenvalue weighted by Gasteiger charge is 2.44. The minimum absolute atomic E-state index is 0.418. The quantitative estimate of drug-likeness (QED) is 0.421. The topological polar surface area (TPSA) is 55.2 Å². The first-order valence-electron chi connectivity index (χ1n) is 14.2. The van der Waals surface area contributed by atoms with Crippen LogP contribution in [-0.2, 0) is 24.2 Å². The number of methoxy groups -OCH3 is 1. The highest BCUT2D eigenvalue weighted by atomic mass is 16.5. The van der Waals surface area contributed by atoms with Crippen molar-refractivity contribution in [1.29, 1.82) is 0 Å². The Labute approximate surface area is 221 Å². The fourth-order valence-corrected chi connectivity index (χ4v) is 7.32. The predicted octanol–water partition coefficient (Wildman–Crippen LogP) is 5.39. The molecule has 2 aliphatic carbocycles. The summed E-state index contributed by atoms with van der Waals surface area (Å²) in [6.07, 6.45) is 11.0. The molecular formula is C31H41N5O. The molecule has 196 valence electrons. The number of pyridine rings is 1. The molecule has 0 spiro atoms. The Morgan fingerprint density at radius 2 is 2.03 bits per heavy atom. The van der Waals surface area contributed by atoms with Crippen LogP contribution in [0.1, 0.15) is 55.5 Å². The number of aryl methyl sites for hydroxylation is 1. The molecule has 3 unspecified atom stereocenters. The normalized spacial score (nSPS) is 25.2. The lowest BCUT2D eigenvalue weighted by molar-refractivity contribution is 0.0305. The zero-order valence-corrected chi connectivity index (χ0v) is 22.5. The molecule has 3 aliphatic rings. The number of aromatic nitrogens is 3. The summed E-state index contributed by atoms with van der Waals surface area (Å²) >= 11 is 0. The van der Waals surface area contributed by atoms with Crippen molar-refractivity contribution in [1.82, 2.24) is 20.1 Å². The predicted molar refractivity (Wildman–Crippen MR) is 149 cm³/mol. The molecule has 2 aromatic heterocycles. The van der Waals surface area contributed by atoms with Gasteiger partial charge in [-0.05, 0) is 62.5 Å². The number of rotatable bonds is 8. The van der Waals surface area contributed by atoms with Crippen LogP contribution in [0.15, 0.2) is 48.7 Å².